The number of nitrogens with one attached hydrogen (secondary N) is 2. The number of fused-ring (bicyclic) bond motifs is 1. The molecule has 8 heteroatoms. The maximum absolute atomic E-state index is 12.5. The van der Waals surface area contributed by atoms with E-state index in [-0.39, 0.29) is 11.2 Å². The molecule has 150 valence electrons. The van der Waals surface area contributed by atoms with Crippen LogP contribution in [0, 0.1) is 5.92 Å². The van der Waals surface area contributed by atoms with Gasteiger partial charge in [-0.1, -0.05) is 20.3 Å². The molecule has 1 aliphatic rings. The van der Waals surface area contributed by atoms with Gasteiger partial charge in [0.05, 0.1) is 6.54 Å². The zero-order valence-electron chi connectivity index (χ0n) is 16.9. The third-order valence-electron chi connectivity index (χ3n) is 5.71. The quantitative estimate of drug-likeness (QED) is 0.756. The van der Waals surface area contributed by atoms with Crippen molar-refractivity contribution < 1.29 is 0 Å². The average molecular weight is 377 g/mol. The highest BCUT2D eigenvalue weighted by molar-refractivity contribution is 5.71. The second kappa shape index (κ2) is 8.39. The SMILES string of the molecule is CCCCn1c(=O)[nH]c(=O)c2c1nc(CN(C)C1CCNCC1C)n2CC. The number of hydrogen-bond donors (Lipinski definition) is 2. The van der Waals surface area contributed by atoms with Crippen molar-refractivity contribution in [3.05, 3.63) is 26.7 Å². The summed E-state index contributed by atoms with van der Waals surface area (Å²) >= 11 is 0. The van der Waals surface area contributed by atoms with Crippen LogP contribution in [0.3, 0.4) is 0 Å². The number of aryl methyl sites for hydroxylation is 2. The minimum absolute atomic E-state index is 0.346. The first kappa shape index (κ1) is 19.8. The largest absolute Gasteiger partial charge is 0.330 e. The van der Waals surface area contributed by atoms with Crippen LogP contribution >= 0.6 is 0 Å². The number of piperidine rings is 1. The lowest BCUT2D eigenvalue weighted by Gasteiger charge is -2.36. The molecule has 27 heavy (non-hydrogen) atoms. The standard InChI is InChI=1S/C19H32N6O2/c1-5-7-10-25-17-16(18(26)22-19(25)27)24(6-2)15(21-17)12-23(4)14-8-9-20-11-13(14)3/h13-14,20H,5-12H2,1-4H3,(H,22,26,27). The molecular formula is C19H32N6O2. The fourth-order valence-corrected chi connectivity index (χ4v) is 4.20. The van der Waals surface area contributed by atoms with Crippen LogP contribution in [-0.2, 0) is 19.6 Å². The lowest BCUT2D eigenvalue weighted by Crippen LogP contribution is -2.47. The first-order valence-electron chi connectivity index (χ1n) is 10.1. The second-order valence-electron chi connectivity index (χ2n) is 7.66. The van der Waals surface area contributed by atoms with Crippen molar-refractivity contribution in [3.63, 3.8) is 0 Å². The summed E-state index contributed by atoms with van der Waals surface area (Å²) in [6.45, 7) is 10.3. The zero-order chi connectivity index (χ0) is 19.6. The molecule has 0 spiro atoms. The van der Waals surface area contributed by atoms with E-state index in [1.165, 1.54) is 0 Å². The Kier molecular flexibility index (Phi) is 6.16. The Morgan fingerprint density at radius 2 is 2.04 bits per heavy atom. The van der Waals surface area contributed by atoms with Crippen LogP contribution in [0.2, 0.25) is 0 Å². The van der Waals surface area contributed by atoms with Crippen LogP contribution in [-0.4, -0.2) is 50.2 Å². The van der Waals surface area contributed by atoms with Crippen molar-refractivity contribution in [1.29, 1.82) is 0 Å². The molecule has 0 aliphatic carbocycles. The van der Waals surface area contributed by atoms with Crippen LogP contribution in [0.25, 0.3) is 11.2 Å². The van der Waals surface area contributed by atoms with Gasteiger partial charge < -0.3 is 9.88 Å². The number of unbranched alkanes of at least 4 members (excludes halogenated alkanes) is 1. The van der Waals surface area contributed by atoms with Gasteiger partial charge >= 0.3 is 5.69 Å². The lowest BCUT2D eigenvalue weighted by molar-refractivity contribution is 0.138. The molecule has 1 saturated heterocycles. The van der Waals surface area contributed by atoms with E-state index in [1.807, 2.05) is 11.5 Å². The Hall–Kier alpha value is -1.93. The van der Waals surface area contributed by atoms with E-state index >= 15 is 0 Å². The molecule has 2 aromatic heterocycles. The summed E-state index contributed by atoms with van der Waals surface area (Å²) < 4.78 is 3.57. The van der Waals surface area contributed by atoms with Gasteiger partial charge in [-0.3, -0.25) is 19.2 Å². The van der Waals surface area contributed by atoms with Gasteiger partial charge in [0, 0.05) is 19.1 Å². The van der Waals surface area contributed by atoms with Crippen molar-refractivity contribution in [2.75, 3.05) is 20.1 Å². The Balaban J connectivity index is 2.01. The van der Waals surface area contributed by atoms with Crippen LogP contribution in [0.15, 0.2) is 9.59 Å². The van der Waals surface area contributed by atoms with E-state index < -0.39 is 0 Å². The number of aromatic amines is 1. The maximum Gasteiger partial charge on any atom is 0.330 e. The molecule has 1 fully saturated rings. The van der Waals surface area contributed by atoms with Gasteiger partial charge in [0.15, 0.2) is 11.2 Å². The molecule has 0 saturated carbocycles. The molecule has 0 bridgehead atoms. The first-order chi connectivity index (χ1) is 13.0. The van der Waals surface area contributed by atoms with Crippen molar-refractivity contribution in [2.24, 2.45) is 5.92 Å². The Labute approximate surface area is 159 Å². The molecule has 2 N–H and O–H groups in total. The Morgan fingerprint density at radius 1 is 1.26 bits per heavy atom. The molecule has 0 amide bonds. The van der Waals surface area contributed by atoms with Crippen LogP contribution in [0.4, 0.5) is 0 Å². The van der Waals surface area contributed by atoms with E-state index in [0.717, 1.165) is 38.2 Å². The molecular weight excluding hydrogens is 344 g/mol. The van der Waals surface area contributed by atoms with Gasteiger partial charge in [-0.05, 0) is 45.8 Å². The fraction of sp³-hybridized carbons (Fsp3) is 0.737. The third-order valence-corrected chi connectivity index (χ3v) is 5.71. The zero-order valence-corrected chi connectivity index (χ0v) is 16.9. The van der Waals surface area contributed by atoms with Gasteiger partial charge in [-0.2, -0.15) is 0 Å². The molecule has 3 rings (SSSR count). The van der Waals surface area contributed by atoms with E-state index in [2.05, 4.69) is 36.1 Å². The maximum atomic E-state index is 12.5. The molecule has 0 radical (unpaired) electrons. The van der Waals surface area contributed by atoms with Crippen LogP contribution < -0.4 is 16.6 Å². The molecule has 1 aliphatic heterocycles. The Morgan fingerprint density at radius 3 is 2.70 bits per heavy atom. The van der Waals surface area contributed by atoms with Gasteiger partial charge in [0.1, 0.15) is 5.82 Å². The minimum atomic E-state index is -0.367. The van der Waals surface area contributed by atoms with Crippen molar-refractivity contribution >= 4 is 11.2 Å². The third kappa shape index (κ3) is 3.87. The predicted molar refractivity (Wildman–Crippen MR) is 107 cm³/mol. The fourth-order valence-electron chi connectivity index (χ4n) is 4.20. The summed E-state index contributed by atoms with van der Waals surface area (Å²) in [5, 5.41) is 3.44. The normalized spacial score (nSPS) is 20.6. The number of aromatic nitrogens is 4. The summed E-state index contributed by atoms with van der Waals surface area (Å²) in [4.78, 5) is 34.4. The summed E-state index contributed by atoms with van der Waals surface area (Å²) in [6, 6.07) is 0.483. The van der Waals surface area contributed by atoms with Crippen molar-refractivity contribution in [3.8, 4) is 0 Å². The number of nitrogens with zero attached hydrogens (tertiary/aromatic N) is 4. The highest BCUT2D eigenvalue weighted by atomic mass is 16.2. The van der Waals surface area contributed by atoms with E-state index in [4.69, 9.17) is 4.98 Å². The summed E-state index contributed by atoms with van der Waals surface area (Å²) in [5.41, 5.74) is 0.311. The smallest absolute Gasteiger partial charge is 0.321 e. The monoisotopic (exact) mass is 376 g/mol. The first-order valence-corrected chi connectivity index (χ1v) is 10.1. The Bertz CT molecular complexity index is 896. The molecule has 8 nitrogen and oxygen atoms in total. The lowest BCUT2D eigenvalue weighted by atomic mass is 9.94. The molecule has 0 aromatic carbocycles. The van der Waals surface area contributed by atoms with E-state index in [1.54, 1.807) is 4.57 Å². The minimum Gasteiger partial charge on any atom is -0.321 e. The summed E-state index contributed by atoms with van der Waals surface area (Å²) in [7, 11) is 2.13. The highest BCUT2D eigenvalue weighted by Gasteiger charge is 2.26. The number of imidazole rings is 1. The second-order valence-corrected chi connectivity index (χ2v) is 7.66. The molecule has 2 aromatic rings. The average Bonchev–Trinajstić information content (AvgIpc) is 3.00. The molecule has 2 atom stereocenters. The van der Waals surface area contributed by atoms with Crippen LogP contribution in [0.1, 0.15) is 45.9 Å². The van der Waals surface area contributed by atoms with Gasteiger partial charge in [0.25, 0.3) is 5.56 Å². The summed E-state index contributed by atoms with van der Waals surface area (Å²) in [5.74, 6) is 1.41. The van der Waals surface area contributed by atoms with Gasteiger partial charge in [-0.25, -0.2) is 9.78 Å². The van der Waals surface area contributed by atoms with E-state index in [0.29, 0.717) is 42.8 Å². The van der Waals surface area contributed by atoms with Crippen molar-refractivity contribution in [1.82, 2.24) is 29.3 Å². The molecule has 3 heterocycles. The highest BCUT2D eigenvalue weighted by Crippen LogP contribution is 2.20. The number of hydrogen-bond acceptors (Lipinski definition) is 5. The summed E-state index contributed by atoms with van der Waals surface area (Å²) in [6.07, 6.45) is 2.96. The van der Waals surface area contributed by atoms with Gasteiger partial charge in [0.2, 0.25) is 0 Å². The molecule has 2 unspecified atom stereocenters. The number of rotatable bonds is 7. The number of H-pyrrole nitrogens is 1. The van der Waals surface area contributed by atoms with Gasteiger partial charge in [-0.15, -0.1) is 0 Å². The van der Waals surface area contributed by atoms with Crippen molar-refractivity contribution in [2.45, 2.75) is 65.7 Å². The van der Waals surface area contributed by atoms with E-state index in [9.17, 15) is 9.59 Å². The van der Waals surface area contributed by atoms with Crippen LogP contribution in [0.5, 0.6) is 0 Å². The topological polar surface area (TPSA) is 87.9 Å². The predicted octanol–water partition coefficient (Wildman–Crippen LogP) is 1.14.